The first-order valence-corrected chi connectivity index (χ1v) is 16.4. The lowest BCUT2D eigenvalue weighted by molar-refractivity contribution is 0.674. The van der Waals surface area contributed by atoms with Crippen LogP contribution in [0.2, 0.25) is 0 Å². The summed E-state index contributed by atoms with van der Waals surface area (Å²) in [6.07, 6.45) is 0. The van der Waals surface area contributed by atoms with E-state index in [1.54, 1.807) is 0 Å². The highest BCUT2D eigenvalue weighted by Gasteiger charge is 2.20. The normalized spacial score (nSPS) is 11.3. The van der Waals surface area contributed by atoms with Gasteiger partial charge >= 0.3 is 0 Å². The number of fused-ring (bicyclic) bond motifs is 5. The molecule has 0 aliphatic carbocycles. The largest absolute Gasteiger partial charge is 0.455 e. The minimum Gasteiger partial charge on any atom is -0.455 e. The van der Waals surface area contributed by atoms with E-state index in [0.29, 0.717) is 0 Å². The molecule has 0 amide bonds. The summed E-state index contributed by atoms with van der Waals surface area (Å²) in [6.45, 7) is 0. The number of hydrogen-bond donors (Lipinski definition) is 0. The van der Waals surface area contributed by atoms with Gasteiger partial charge in [-0.15, -0.1) is 0 Å². The van der Waals surface area contributed by atoms with E-state index in [1.165, 1.54) is 16.5 Å². The van der Waals surface area contributed by atoms with Crippen LogP contribution in [0.5, 0.6) is 0 Å². The van der Waals surface area contributed by atoms with E-state index >= 15 is 0 Å². The maximum Gasteiger partial charge on any atom is 0.143 e. The molecule has 0 atom stereocenters. The Morgan fingerprint density at radius 3 is 1.69 bits per heavy atom. The minimum absolute atomic E-state index is 0.909. The Morgan fingerprint density at radius 1 is 0.333 bits per heavy atom. The molecule has 9 rings (SSSR count). The molecular formula is C46H31NO. The van der Waals surface area contributed by atoms with Crippen LogP contribution in [-0.2, 0) is 0 Å². The fourth-order valence-electron chi connectivity index (χ4n) is 6.96. The molecule has 0 aliphatic heterocycles. The van der Waals surface area contributed by atoms with Crippen molar-refractivity contribution in [3.05, 3.63) is 188 Å². The first-order valence-electron chi connectivity index (χ1n) is 16.4. The lowest BCUT2D eigenvalue weighted by Gasteiger charge is -2.26. The summed E-state index contributed by atoms with van der Waals surface area (Å²) < 4.78 is 6.87. The molecule has 0 saturated heterocycles. The molecule has 0 aliphatic rings. The second-order valence-corrected chi connectivity index (χ2v) is 12.1. The zero-order chi connectivity index (χ0) is 31.9. The SMILES string of the molecule is c1ccc(-c2ccc(N(c3ccccc3)c3cccc(-c4ccc(-c5ccccc5)c5oc6c7ccccc7ccc6c45)c3)cc2)cc1. The van der Waals surface area contributed by atoms with Crippen LogP contribution >= 0.6 is 0 Å². The van der Waals surface area contributed by atoms with Crippen LogP contribution in [0.3, 0.4) is 0 Å². The summed E-state index contributed by atoms with van der Waals surface area (Å²) in [7, 11) is 0. The van der Waals surface area contributed by atoms with Gasteiger partial charge in [0.2, 0.25) is 0 Å². The Labute approximate surface area is 279 Å². The number of rotatable bonds is 6. The quantitative estimate of drug-likeness (QED) is 0.185. The van der Waals surface area contributed by atoms with Crippen molar-refractivity contribution in [2.75, 3.05) is 4.90 Å². The van der Waals surface area contributed by atoms with Gasteiger partial charge in [-0.3, -0.25) is 0 Å². The molecule has 0 radical (unpaired) electrons. The topological polar surface area (TPSA) is 16.4 Å². The van der Waals surface area contributed by atoms with Gasteiger partial charge in [-0.2, -0.15) is 0 Å². The summed E-state index contributed by atoms with van der Waals surface area (Å²) in [5.74, 6) is 0. The second kappa shape index (κ2) is 11.8. The van der Waals surface area contributed by atoms with Crippen LogP contribution in [0.1, 0.15) is 0 Å². The number of anilines is 3. The van der Waals surface area contributed by atoms with Crippen LogP contribution in [0.15, 0.2) is 192 Å². The van der Waals surface area contributed by atoms with Gasteiger partial charge in [-0.1, -0.05) is 140 Å². The molecule has 0 fully saturated rings. The fourth-order valence-corrected chi connectivity index (χ4v) is 6.96. The Morgan fingerprint density at radius 2 is 0.917 bits per heavy atom. The average Bonchev–Trinajstić information content (AvgIpc) is 3.57. The fraction of sp³-hybridized carbons (Fsp3) is 0. The molecule has 9 aromatic rings. The van der Waals surface area contributed by atoms with Crippen molar-refractivity contribution in [2.24, 2.45) is 0 Å². The first-order chi connectivity index (χ1) is 23.8. The summed E-state index contributed by atoms with van der Waals surface area (Å²) in [5.41, 5.74) is 12.0. The molecule has 2 nitrogen and oxygen atoms in total. The summed E-state index contributed by atoms with van der Waals surface area (Å²) in [6, 6.07) is 66.7. The highest BCUT2D eigenvalue weighted by molar-refractivity contribution is 6.21. The van der Waals surface area contributed by atoms with Gasteiger partial charge in [-0.25, -0.2) is 0 Å². The van der Waals surface area contributed by atoms with Crippen molar-refractivity contribution in [1.29, 1.82) is 0 Å². The van der Waals surface area contributed by atoms with E-state index in [1.807, 2.05) is 0 Å². The zero-order valence-corrected chi connectivity index (χ0v) is 26.3. The van der Waals surface area contributed by atoms with Gasteiger partial charge in [-0.05, 0) is 81.7 Å². The molecular weight excluding hydrogens is 583 g/mol. The van der Waals surface area contributed by atoms with Gasteiger partial charge in [0, 0.05) is 38.8 Å². The Balaban J connectivity index is 1.23. The first kappa shape index (κ1) is 27.9. The van der Waals surface area contributed by atoms with Crippen molar-refractivity contribution in [2.45, 2.75) is 0 Å². The smallest absolute Gasteiger partial charge is 0.143 e. The van der Waals surface area contributed by atoms with Crippen LogP contribution in [0, 0.1) is 0 Å². The molecule has 48 heavy (non-hydrogen) atoms. The molecule has 1 aromatic heterocycles. The van der Waals surface area contributed by atoms with E-state index in [2.05, 4.69) is 193 Å². The molecule has 0 N–H and O–H groups in total. The van der Waals surface area contributed by atoms with E-state index < -0.39 is 0 Å². The molecule has 0 spiro atoms. The summed E-state index contributed by atoms with van der Waals surface area (Å²) in [5, 5.41) is 4.55. The molecule has 0 bridgehead atoms. The number of nitrogens with zero attached hydrogens (tertiary/aromatic N) is 1. The van der Waals surface area contributed by atoms with Crippen molar-refractivity contribution in [3.63, 3.8) is 0 Å². The third-order valence-electron chi connectivity index (χ3n) is 9.26. The van der Waals surface area contributed by atoms with Crippen molar-refractivity contribution in [1.82, 2.24) is 0 Å². The molecule has 2 heteroatoms. The highest BCUT2D eigenvalue weighted by atomic mass is 16.3. The van der Waals surface area contributed by atoms with Gasteiger partial charge < -0.3 is 9.32 Å². The zero-order valence-electron chi connectivity index (χ0n) is 26.3. The molecule has 226 valence electrons. The van der Waals surface area contributed by atoms with E-state index in [-0.39, 0.29) is 0 Å². The summed E-state index contributed by atoms with van der Waals surface area (Å²) >= 11 is 0. The van der Waals surface area contributed by atoms with Gasteiger partial charge in [0.05, 0.1) is 0 Å². The third kappa shape index (κ3) is 4.83. The van der Waals surface area contributed by atoms with Crippen molar-refractivity contribution < 1.29 is 4.42 Å². The van der Waals surface area contributed by atoms with Crippen LogP contribution in [0.4, 0.5) is 17.1 Å². The Bertz CT molecular complexity index is 2530. The second-order valence-electron chi connectivity index (χ2n) is 12.1. The number of furan rings is 1. The number of benzene rings is 8. The predicted octanol–water partition coefficient (Wildman–Crippen LogP) is 13.2. The predicted molar refractivity (Wildman–Crippen MR) is 202 cm³/mol. The van der Waals surface area contributed by atoms with E-state index in [4.69, 9.17) is 4.42 Å². The van der Waals surface area contributed by atoms with Crippen LogP contribution in [0.25, 0.3) is 66.1 Å². The van der Waals surface area contributed by atoms with E-state index in [0.717, 1.165) is 66.6 Å². The van der Waals surface area contributed by atoms with Crippen LogP contribution < -0.4 is 4.90 Å². The average molecular weight is 614 g/mol. The number of para-hydroxylation sites is 1. The highest BCUT2D eigenvalue weighted by Crippen LogP contribution is 2.45. The molecule has 0 saturated carbocycles. The number of hydrogen-bond acceptors (Lipinski definition) is 2. The lowest BCUT2D eigenvalue weighted by atomic mass is 9.94. The minimum atomic E-state index is 0.909. The maximum atomic E-state index is 6.87. The maximum absolute atomic E-state index is 6.87. The standard InChI is InChI=1S/C46H31NO/c1-4-13-32(14-5-1)33-23-26-38(27-24-33)47(37-19-8-3-9-20-37)39-21-12-18-36(31-39)40-29-30-42(34-15-6-2-7-16-34)46-44(40)43-28-25-35-17-10-11-22-41(35)45(43)48-46/h1-31H. The van der Waals surface area contributed by atoms with Gasteiger partial charge in [0.1, 0.15) is 11.2 Å². The van der Waals surface area contributed by atoms with E-state index in [9.17, 15) is 0 Å². The van der Waals surface area contributed by atoms with Crippen molar-refractivity contribution in [3.8, 4) is 33.4 Å². The molecule has 8 aromatic carbocycles. The third-order valence-corrected chi connectivity index (χ3v) is 9.26. The van der Waals surface area contributed by atoms with Crippen molar-refractivity contribution >= 4 is 49.8 Å². The van der Waals surface area contributed by atoms with Crippen LogP contribution in [-0.4, -0.2) is 0 Å². The Kier molecular flexibility index (Phi) is 6.84. The molecule has 1 heterocycles. The Hall–Kier alpha value is -6.38. The van der Waals surface area contributed by atoms with Gasteiger partial charge in [0.15, 0.2) is 0 Å². The summed E-state index contributed by atoms with van der Waals surface area (Å²) in [4.78, 5) is 2.33. The monoisotopic (exact) mass is 613 g/mol. The lowest BCUT2D eigenvalue weighted by Crippen LogP contribution is -2.09. The molecule has 0 unspecified atom stereocenters. The van der Waals surface area contributed by atoms with Gasteiger partial charge in [0.25, 0.3) is 0 Å².